The van der Waals surface area contributed by atoms with E-state index in [1.54, 1.807) is 19.3 Å². The van der Waals surface area contributed by atoms with Crippen LogP contribution in [0, 0.1) is 0 Å². The highest BCUT2D eigenvalue weighted by atomic mass is 16.2. The van der Waals surface area contributed by atoms with Gasteiger partial charge in [0, 0.05) is 54.1 Å². The summed E-state index contributed by atoms with van der Waals surface area (Å²) in [7, 11) is 0. The SMILES string of the molecule is CC(=O)c1cn(C(C)C(=O)N2CC(c3ccncc3)C2)c2ccccc12. The summed E-state index contributed by atoms with van der Waals surface area (Å²) in [6.45, 7) is 4.92. The lowest BCUT2D eigenvalue weighted by Crippen LogP contribution is -2.50. The lowest BCUT2D eigenvalue weighted by Gasteiger charge is -2.41. The maximum Gasteiger partial charge on any atom is 0.245 e. The van der Waals surface area contributed by atoms with Gasteiger partial charge in [-0.2, -0.15) is 0 Å². The van der Waals surface area contributed by atoms with E-state index < -0.39 is 0 Å². The molecule has 2 aromatic heterocycles. The highest BCUT2D eigenvalue weighted by Gasteiger charge is 2.34. The van der Waals surface area contributed by atoms with Gasteiger partial charge < -0.3 is 9.47 Å². The number of aromatic nitrogens is 2. The summed E-state index contributed by atoms with van der Waals surface area (Å²) in [5, 5.41) is 0.901. The molecule has 132 valence electrons. The first-order valence-electron chi connectivity index (χ1n) is 8.85. The van der Waals surface area contributed by atoms with Gasteiger partial charge in [0.15, 0.2) is 5.78 Å². The Morgan fingerprint density at radius 2 is 1.81 bits per heavy atom. The van der Waals surface area contributed by atoms with Gasteiger partial charge in [0.25, 0.3) is 0 Å². The Balaban J connectivity index is 1.55. The Bertz CT molecular complexity index is 971. The van der Waals surface area contributed by atoms with Crippen LogP contribution < -0.4 is 0 Å². The van der Waals surface area contributed by atoms with Gasteiger partial charge in [-0.3, -0.25) is 14.6 Å². The number of benzene rings is 1. The number of Topliss-reactive ketones (excluding diaryl/α,β-unsaturated/α-hetero) is 1. The van der Waals surface area contributed by atoms with Crippen LogP contribution in [0.4, 0.5) is 0 Å². The maximum absolute atomic E-state index is 12.9. The summed E-state index contributed by atoms with van der Waals surface area (Å²) < 4.78 is 1.92. The molecule has 1 atom stereocenters. The van der Waals surface area contributed by atoms with Gasteiger partial charge in [-0.25, -0.2) is 0 Å². The van der Waals surface area contributed by atoms with Gasteiger partial charge in [-0.15, -0.1) is 0 Å². The topological polar surface area (TPSA) is 55.2 Å². The van der Waals surface area contributed by atoms with Crippen molar-refractivity contribution in [3.8, 4) is 0 Å². The van der Waals surface area contributed by atoms with Crippen LogP contribution in [-0.2, 0) is 4.79 Å². The molecule has 4 rings (SSSR count). The van der Waals surface area contributed by atoms with Crippen LogP contribution in [0.3, 0.4) is 0 Å². The van der Waals surface area contributed by atoms with E-state index in [0.717, 1.165) is 24.0 Å². The van der Waals surface area contributed by atoms with Crippen molar-refractivity contribution in [3.63, 3.8) is 0 Å². The minimum atomic E-state index is -0.341. The fourth-order valence-electron chi connectivity index (χ4n) is 3.69. The molecule has 0 saturated carbocycles. The van der Waals surface area contributed by atoms with Crippen molar-refractivity contribution in [3.05, 3.63) is 66.1 Å². The molecule has 0 spiro atoms. The molecule has 0 N–H and O–H groups in total. The Morgan fingerprint density at radius 1 is 1.12 bits per heavy atom. The number of rotatable bonds is 4. The molecule has 1 saturated heterocycles. The van der Waals surface area contributed by atoms with Crippen molar-refractivity contribution in [1.82, 2.24) is 14.5 Å². The molecule has 1 aliphatic heterocycles. The summed E-state index contributed by atoms with van der Waals surface area (Å²) in [5.74, 6) is 0.482. The Kier molecular flexibility index (Phi) is 4.07. The van der Waals surface area contributed by atoms with Gasteiger partial charge in [0.05, 0.1) is 0 Å². The molecule has 3 heterocycles. The minimum absolute atomic E-state index is 0.0151. The van der Waals surface area contributed by atoms with E-state index in [2.05, 4.69) is 4.98 Å². The largest absolute Gasteiger partial charge is 0.340 e. The zero-order valence-electron chi connectivity index (χ0n) is 14.9. The summed E-state index contributed by atoms with van der Waals surface area (Å²) in [5.41, 5.74) is 2.81. The second-order valence-corrected chi connectivity index (χ2v) is 6.92. The fraction of sp³-hybridized carbons (Fsp3) is 0.286. The van der Waals surface area contributed by atoms with Crippen LogP contribution >= 0.6 is 0 Å². The van der Waals surface area contributed by atoms with Crippen LogP contribution in [0.1, 0.15) is 41.7 Å². The third-order valence-corrected chi connectivity index (χ3v) is 5.27. The van der Waals surface area contributed by atoms with E-state index in [1.165, 1.54) is 5.56 Å². The number of hydrogen-bond acceptors (Lipinski definition) is 3. The molecule has 26 heavy (non-hydrogen) atoms. The van der Waals surface area contributed by atoms with Crippen molar-refractivity contribution in [2.24, 2.45) is 0 Å². The number of amides is 1. The highest BCUT2D eigenvalue weighted by Crippen LogP contribution is 2.31. The molecular weight excluding hydrogens is 326 g/mol. The fourth-order valence-corrected chi connectivity index (χ4v) is 3.69. The molecule has 1 unspecified atom stereocenters. The predicted octanol–water partition coefficient (Wildman–Crippen LogP) is 3.43. The second-order valence-electron chi connectivity index (χ2n) is 6.92. The van der Waals surface area contributed by atoms with Gasteiger partial charge in [-0.1, -0.05) is 18.2 Å². The van der Waals surface area contributed by atoms with Crippen molar-refractivity contribution in [2.75, 3.05) is 13.1 Å². The Labute approximate surface area is 152 Å². The van der Waals surface area contributed by atoms with Crippen molar-refractivity contribution < 1.29 is 9.59 Å². The maximum atomic E-state index is 12.9. The third-order valence-electron chi connectivity index (χ3n) is 5.27. The first kappa shape index (κ1) is 16.5. The quantitative estimate of drug-likeness (QED) is 0.680. The summed E-state index contributed by atoms with van der Waals surface area (Å²) in [6, 6.07) is 11.4. The summed E-state index contributed by atoms with van der Waals surface area (Å²) in [4.78, 5) is 30.8. The molecule has 0 radical (unpaired) electrons. The molecule has 1 aliphatic rings. The average Bonchev–Trinajstić information content (AvgIpc) is 3.00. The Hall–Kier alpha value is -2.95. The van der Waals surface area contributed by atoms with E-state index in [9.17, 15) is 9.59 Å². The first-order valence-corrected chi connectivity index (χ1v) is 8.85. The first-order chi connectivity index (χ1) is 12.6. The highest BCUT2D eigenvalue weighted by molar-refractivity contribution is 6.07. The van der Waals surface area contributed by atoms with Gasteiger partial charge in [0.1, 0.15) is 6.04 Å². The normalized spacial score (nSPS) is 15.7. The van der Waals surface area contributed by atoms with Crippen molar-refractivity contribution in [1.29, 1.82) is 0 Å². The zero-order chi connectivity index (χ0) is 18.3. The minimum Gasteiger partial charge on any atom is -0.340 e. The second kappa shape index (κ2) is 6.41. The average molecular weight is 347 g/mol. The molecule has 3 aromatic rings. The number of pyridine rings is 1. The van der Waals surface area contributed by atoms with E-state index in [-0.39, 0.29) is 17.7 Å². The van der Waals surface area contributed by atoms with Gasteiger partial charge in [-0.05, 0) is 37.6 Å². The monoisotopic (exact) mass is 347 g/mol. The predicted molar refractivity (Wildman–Crippen MR) is 100 cm³/mol. The zero-order valence-corrected chi connectivity index (χ0v) is 14.9. The lowest BCUT2D eigenvalue weighted by molar-refractivity contribution is -0.138. The van der Waals surface area contributed by atoms with Crippen molar-refractivity contribution >= 4 is 22.6 Å². The molecule has 1 fully saturated rings. The van der Waals surface area contributed by atoms with Gasteiger partial charge in [0.2, 0.25) is 5.91 Å². The molecule has 1 amide bonds. The molecular formula is C21H21N3O2. The Morgan fingerprint density at radius 3 is 2.50 bits per heavy atom. The van der Waals surface area contributed by atoms with Crippen molar-refractivity contribution in [2.45, 2.75) is 25.8 Å². The number of likely N-dealkylation sites (tertiary alicyclic amines) is 1. The number of hydrogen-bond donors (Lipinski definition) is 0. The van der Waals surface area contributed by atoms with Crippen LogP contribution in [-0.4, -0.2) is 39.2 Å². The standard InChI is InChI=1S/C21H21N3O2/c1-14(21(26)23-11-17(12-23)16-7-9-22-10-8-16)24-13-19(15(2)25)18-5-3-4-6-20(18)24/h3-10,13-14,17H,11-12H2,1-2H3. The molecule has 5 heteroatoms. The molecule has 5 nitrogen and oxygen atoms in total. The number of carbonyl (C=O) groups is 2. The van der Waals surface area contributed by atoms with Crippen LogP contribution in [0.2, 0.25) is 0 Å². The van der Waals surface area contributed by atoms with E-state index in [0.29, 0.717) is 11.5 Å². The van der Waals surface area contributed by atoms with Crippen LogP contribution in [0.15, 0.2) is 55.0 Å². The number of carbonyl (C=O) groups excluding carboxylic acids is 2. The number of nitrogens with zero attached hydrogens (tertiary/aromatic N) is 3. The number of para-hydroxylation sites is 1. The van der Waals surface area contributed by atoms with E-state index >= 15 is 0 Å². The number of fused-ring (bicyclic) bond motifs is 1. The number of ketones is 1. The van der Waals surface area contributed by atoms with Gasteiger partial charge >= 0.3 is 0 Å². The van der Waals surface area contributed by atoms with E-state index in [1.807, 2.05) is 59.0 Å². The van der Waals surface area contributed by atoms with E-state index in [4.69, 9.17) is 0 Å². The molecule has 1 aromatic carbocycles. The summed E-state index contributed by atoms with van der Waals surface area (Å²) in [6.07, 6.45) is 5.39. The van der Waals surface area contributed by atoms with Crippen LogP contribution in [0.25, 0.3) is 10.9 Å². The summed E-state index contributed by atoms with van der Waals surface area (Å²) >= 11 is 0. The third kappa shape index (κ3) is 2.69. The molecule has 0 bridgehead atoms. The lowest BCUT2D eigenvalue weighted by atomic mass is 9.91. The smallest absolute Gasteiger partial charge is 0.245 e. The van der Waals surface area contributed by atoms with Crippen LogP contribution in [0.5, 0.6) is 0 Å². The molecule has 0 aliphatic carbocycles.